The van der Waals surface area contributed by atoms with E-state index in [1.54, 1.807) is 6.07 Å². The summed E-state index contributed by atoms with van der Waals surface area (Å²) in [4.78, 5) is 13.8. The van der Waals surface area contributed by atoms with Crippen LogP contribution in [0.1, 0.15) is 20.1 Å². The number of aryl methyl sites for hydroxylation is 2. The van der Waals surface area contributed by atoms with E-state index in [1.807, 2.05) is 32.0 Å². The summed E-state index contributed by atoms with van der Waals surface area (Å²) < 4.78 is 0.825. The van der Waals surface area contributed by atoms with E-state index in [4.69, 9.17) is 11.6 Å². The van der Waals surface area contributed by atoms with Crippen LogP contribution in [0.15, 0.2) is 28.7 Å². The molecule has 0 fully saturated rings. The molecule has 0 aliphatic carbocycles. The van der Waals surface area contributed by atoms with Crippen molar-refractivity contribution < 1.29 is 4.79 Å². The predicted octanol–water partition coefficient (Wildman–Crippen LogP) is 5.03. The molecule has 1 aromatic carbocycles. The van der Waals surface area contributed by atoms with Crippen LogP contribution in [0.4, 0.5) is 5.69 Å². The van der Waals surface area contributed by atoms with Gasteiger partial charge >= 0.3 is 0 Å². The minimum absolute atomic E-state index is 0.117. The fourth-order valence-corrected chi connectivity index (χ4v) is 2.97. The van der Waals surface area contributed by atoms with E-state index in [0.717, 1.165) is 14.9 Å². The highest BCUT2D eigenvalue weighted by molar-refractivity contribution is 9.10. The molecular formula is C13H11BrClNOS. The van der Waals surface area contributed by atoms with Crippen LogP contribution in [-0.4, -0.2) is 5.91 Å². The van der Waals surface area contributed by atoms with Crippen LogP contribution in [0.5, 0.6) is 0 Å². The Morgan fingerprint density at radius 2 is 2.06 bits per heavy atom. The highest BCUT2D eigenvalue weighted by atomic mass is 79.9. The van der Waals surface area contributed by atoms with Crippen LogP contribution in [0.3, 0.4) is 0 Å². The molecule has 2 nitrogen and oxygen atoms in total. The van der Waals surface area contributed by atoms with E-state index < -0.39 is 0 Å². The van der Waals surface area contributed by atoms with Gasteiger partial charge in [0.2, 0.25) is 0 Å². The van der Waals surface area contributed by atoms with Crippen molar-refractivity contribution in [2.45, 2.75) is 13.8 Å². The molecule has 18 heavy (non-hydrogen) atoms. The summed E-state index contributed by atoms with van der Waals surface area (Å²) in [6.45, 7) is 3.89. The van der Waals surface area contributed by atoms with Gasteiger partial charge in [-0.05, 0) is 59.6 Å². The number of carbonyl (C=O) groups excluding carboxylic acids is 1. The molecule has 1 aromatic heterocycles. The summed E-state index contributed by atoms with van der Waals surface area (Å²) in [6.07, 6.45) is 0. The molecule has 0 saturated carbocycles. The van der Waals surface area contributed by atoms with Crippen molar-refractivity contribution >= 4 is 50.5 Å². The minimum atomic E-state index is -0.117. The van der Waals surface area contributed by atoms with Gasteiger partial charge in [-0.2, -0.15) is 0 Å². The number of benzene rings is 1. The summed E-state index contributed by atoms with van der Waals surface area (Å²) in [5.74, 6) is -0.117. The molecule has 2 aromatic rings. The predicted molar refractivity (Wildman–Crippen MR) is 80.9 cm³/mol. The first-order chi connectivity index (χ1) is 8.47. The van der Waals surface area contributed by atoms with Gasteiger partial charge in [-0.25, -0.2) is 0 Å². The number of anilines is 1. The molecule has 0 spiro atoms. The fraction of sp³-hybridized carbons (Fsp3) is 0.154. The first kappa shape index (κ1) is 13.6. The summed E-state index contributed by atoms with van der Waals surface area (Å²) in [7, 11) is 0. The minimum Gasteiger partial charge on any atom is -0.320 e. The van der Waals surface area contributed by atoms with Crippen molar-refractivity contribution in [3.8, 4) is 0 Å². The maximum atomic E-state index is 12.0. The zero-order chi connectivity index (χ0) is 13.3. The van der Waals surface area contributed by atoms with E-state index in [1.165, 1.54) is 11.3 Å². The van der Waals surface area contributed by atoms with Gasteiger partial charge in [0.25, 0.3) is 5.91 Å². The lowest BCUT2D eigenvalue weighted by Crippen LogP contribution is -2.10. The average molecular weight is 345 g/mol. The van der Waals surface area contributed by atoms with Crippen LogP contribution in [-0.2, 0) is 0 Å². The Bertz CT molecular complexity index is 609. The lowest BCUT2D eigenvalue weighted by Gasteiger charge is -2.08. The third-order valence-corrected chi connectivity index (χ3v) is 4.52. The highest BCUT2D eigenvalue weighted by Crippen LogP contribution is 2.30. The Balaban J connectivity index is 2.24. The van der Waals surface area contributed by atoms with Crippen LogP contribution >= 0.6 is 38.9 Å². The number of rotatable bonds is 2. The van der Waals surface area contributed by atoms with E-state index >= 15 is 0 Å². The molecule has 0 radical (unpaired) electrons. The van der Waals surface area contributed by atoms with E-state index in [2.05, 4.69) is 21.2 Å². The van der Waals surface area contributed by atoms with Gasteiger partial charge < -0.3 is 5.32 Å². The fourth-order valence-electron chi connectivity index (χ4n) is 1.48. The summed E-state index contributed by atoms with van der Waals surface area (Å²) in [6, 6.07) is 7.38. The van der Waals surface area contributed by atoms with Crippen LogP contribution in [0, 0.1) is 13.8 Å². The Hall–Kier alpha value is -0.840. The highest BCUT2D eigenvalue weighted by Gasteiger charge is 2.11. The molecule has 5 heteroatoms. The Labute approximate surface area is 123 Å². The second kappa shape index (κ2) is 5.43. The number of thiophene rings is 1. The van der Waals surface area contributed by atoms with Crippen molar-refractivity contribution in [2.75, 3.05) is 5.32 Å². The van der Waals surface area contributed by atoms with Crippen molar-refractivity contribution in [3.63, 3.8) is 0 Å². The normalized spacial score (nSPS) is 10.4. The quantitative estimate of drug-likeness (QED) is 0.813. The molecule has 2 rings (SSSR count). The maximum absolute atomic E-state index is 12.0. The van der Waals surface area contributed by atoms with Gasteiger partial charge in [-0.15, -0.1) is 11.3 Å². The summed E-state index contributed by atoms with van der Waals surface area (Å²) in [5, 5.41) is 3.48. The number of hydrogen-bond acceptors (Lipinski definition) is 2. The molecule has 1 N–H and O–H groups in total. The largest absolute Gasteiger partial charge is 0.320 e. The molecule has 0 saturated heterocycles. The van der Waals surface area contributed by atoms with Gasteiger partial charge in [0, 0.05) is 14.4 Å². The van der Waals surface area contributed by atoms with Gasteiger partial charge in [0.1, 0.15) is 0 Å². The Morgan fingerprint density at radius 3 is 2.67 bits per heavy atom. The smallest absolute Gasteiger partial charge is 0.265 e. The number of halogens is 2. The Morgan fingerprint density at radius 1 is 1.33 bits per heavy atom. The lowest BCUT2D eigenvalue weighted by atomic mass is 10.2. The number of amides is 1. The van der Waals surface area contributed by atoms with Crippen molar-refractivity contribution in [3.05, 3.63) is 49.1 Å². The SMILES string of the molecule is Cc1ccc(C(=O)Nc2cc(Cl)c(C)cc2Br)s1. The summed E-state index contributed by atoms with van der Waals surface area (Å²) in [5.41, 5.74) is 1.65. The van der Waals surface area contributed by atoms with E-state index in [-0.39, 0.29) is 5.91 Å². The maximum Gasteiger partial charge on any atom is 0.265 e. The molecule has 0 aliphatic rings. The summed E-state index contributed by atoms with van der Waals surface area (Å²) >= 11 is 10.9. The average Bonchev–Trinajstić information content (AvgIpc) is 2.73. The number of nitrogens with one attached hydrogen (secondary N) is 1. The standard InChI is InChI=1S/C13H11BrClNOS/c1-7-5-9(14)11(6-10(7)15)16-13(17)12-4-3-8(2)18-12/h3-6H,1-2H3,(H,16,17). The monoisotopic (exact) mass is 343 g/mol. The van der Waals surface area contributed by atoms with Crippen LogP contribution < -0.4 is 5.32 Å². The molecule has 0 unspecified atom stereocenters. The van der Waals surface area contributed by atoms with Crippen LogP contribution in [0.2, 0.25) is 5.02 Å². The van der Waals surface area contributed by atoms with Crippen molar-refractivity contribution in [1.82, 2.24) is 0 Å². The molecule has 94 valence electrons. The van der Waals surface area contributed by atoms with Crippen LogP contribution in [0.25, 0.3) is 0 Å². The molecule has 1 amide bonds. The molecule has 0 aliphatic heterocycles. The third kappa shape index (κ3) is 2.94. The molecule has 1 heterocycles. The first-order valence-electron chi connectivity index (χ1n) is 5.31. The topological polar surface area (TPSA) is 29.1 Å². The third-order valence-electron chi connectivity index (χ3n) is 2.46. The number of carbonyl (C=O) groups is 1. The molecule has 0 bridgehead atoms. The number of hydrogen-bond donors (Lipinski definition) is 1. The van der Waals surface area contributed by atoms with Gasteiger partial charge in [0.15, 0.2) is 0 Å². The first-order valence-corrected chi connectivity index (χ1v) is 7.29. The van der Waals surface area contributed by atoms with Crippen molar-refractivity contribution in [2.24, 2.45) is 0 Å². The molecular weight excluding hydrogens is 334 g/mol. The van der Waals surface area contributed by atoms with E-state index in [9.17, 15) is 4.79 Å². The second-order valence-corrected chi connectivity index (χ2v) is 6.50. The van der Waals surface area contributed by atoms with Gasteiger partial charge in [-0.1, -0.05) is 11.6 Å². The lowest BCUT2D eigenvalue weighted by molar-refractivity contribution is 0.103. The van der Waals surface area contributed by atoms with Gasteiger partial charge in [-0.3, -0.25) is 4.79 Å². The van der Waals surface area contributed by atoms with Crippen molar-refractivity contribution in [1.29, 1.82) is 0 Å². The second-order valence-electron chi connectivity index (χ2n) is 3.95. The van der Waals surface area contributed by atoms with E-state index in [0.29, 0.717) is 15.6 Å². The Kier molecular flexibility index (Phi) is 4.10. The zero-order valence-corrected chi connectivity index (χ0v) is 13.0. The zero-order valence-electron chi connectivity index (χ0n) is 9.88. The molecule has 0 atom stereocenters. The van der Waals surface area contributed by atoms with Gasteiger partial charge in [0.05, 0.1) is 10.6 Å².